The number of aromatic nitrogens is 2. The van der Waals surface area contributed by atoms with Crippen molar-refractivity contribution in [3.05, 3.63) is 177 Å². The Labute approximate surface area is 411 Å². The second kappa shape index (κ2) is 21.2. The van der Waals surface area contributed by atoms with E-state index in [4.69, 9.17) is 4.74 Å². The first-order chi connectivity index (χ1) is 34.6. The lowest BCUT2D eigenvalue weighted by atomic mass is 9.12. The SMILES string of the molecule is CCCOC(=O)c1ccc(C[n+]2ccncc2)cc1.FC(F)(F)c1cc([B-](c2cc(C(F)(F)F)cc(C(F)(F)F)c2)(c2cc(C(F)(F)F)cc(C(F)(F)F)c2)c2cc(C(F)(F)F)cc(C(F)(F)F)c2)cc(C(F)(F)F)c1. The molecule has 4 nitrogen and oxygen atoms in total. The molecule has 1 aromatic heterocycles. The Bertz CT molecular complexity index is 2570. The van der Waals surface area contributed by atoms with Crippen molar-refractivity contribution in [1.29, 1.82) is 0 Å². The average molecular weight is 1120 g/mol. The second-order valence-electron chi connectivity index (χ2n) is 16.5. The van der Waals surface area contributed by atoms with Gasteiger partial charge in [0.15, 0.2) is 18.9 Å². The van der Waals surface area contributed by atoms with Gasteiger partial charge >= 0.3 is 55.4 Å². The quantitative estimate of drug-likeness (QED) is 0.0627. The number of ether oxygens (including phenoxy) is 1. The van der Waals surface area contributed by atoms with Crippen molar-refractivity contribution >= 4 is 34.0 Å². The first-order valence-electron chi connectivity index (χ1n) is 21.0. The number of rotatable bonds is 9. The molecule has 0 unspecified atom stereocenters. The van der Waals surface area contributed by atoms with Gasteiger partial charge in [0, 0.05) is 5.56 Å². The minimum Gasteiger partial charge on any atom is -0.462 e. The third kappa shape index (κ3) is 14.3. The van der Waals surface area contributed by atoms with E-state index in [1.165, 1.54) is 0 Å². The van der Waals surface area contributed by atoms with Crippen LogP contribution in [0, 0.1) is 0 Å². The van der Waals surface area contributed by atoms with Gasteiger partial charge in [-0.15, -0.1) is 0 Å². The number of benzene rings is 5. The first kappa shape index (κ1) is 59.9. The van der Waals surface area contributed by atoms with Gasteiger partial charge in [-0.25, -0.2) is 4.79 Å². The average Bonchev–Trinajstić information content (AvgIpc) is 3.29. The zero-order valence-electron chi connectivity index (χ0n) is 37.5. The van der Waals surface area contributed by atoms with Gasteiger partial charge in [-0.3, -0.25) is 4.98 Å². The van der Waals surface area contributed by atoms with Gasteiger partial charge < -0.3 is 4.74 Å². The lowest BCUT2D eigenvalue weighted by molar-refractivity contribution is -0.688. The minimum atomic E-state index is -6.13. The van der Waals surface area contributed by atoms with E-state index in [0.29, 0.717) is 12.2 Å². The fraction of sp³-hybridized carbons (Fsp3) is 0.255. The molecule has 76 heavy (non-hydrogen) atoms. The van der Waals surface area contributed by atoms with Crippen LogP contribution in [0.5, 0.6) is 0 Å². The van der Waals surface area contributed by atoms with Gasteiger partial charge in [0.2, 0.25) is 0 Å². The van der Waals surface area contributed by atoms with Gasteiger partial charge in [0.05, 0.1) is 69.1 Å². The van der Waals surface area contributed by atoms with Crippen molar-refractivity contribution in [2.75, 3.05) is 6.61 Å². The number of hydrogen-bond acceptors (Lipinski definition) is 3. The Hall–Kier alpha value is -6.97. The highest BCUT2D eigenvalue weighted by molar-refractivity contribution is 7.20. The molecule has 29 heteroatoms. The Balaban J connectivity index is 0.000000468. The predicted molar refractivity (Wildman–Crippen MR) is 221 cm³/mol. The molecule has 0 aliphatic carbocycles. The summed E-state index contributed by atoms with van der Waals surface area (Å²) in [5.41, 5.74) is -28.5. The summed E-state index contributed by atoms with van der Waals surface area (Å²) in [4.78, 5) is 15.6. The van der Waals surface area contributed by atoms with Crippen molar-refractivity contribution in [2.45, 2.75) is 69.3 Å². The fourth-order valence-electron chi connectivity index (χ4n) is 7.76. The van der Waals surface area contributed by atoms with E-state index in [0.717, 1.165) is 18.5 Å². The van der Waals surface area contributed by atoms with Crippen molar-refractivity contribution in [3.8, 4) is 0 Å². The van der Waals surface area contributed by atoms with Crippen LogP contribution in [0.4, 0.5) is 105 Å². The van der Waals surface area contributed by atoms with E-state index >= 15 is 0 Å². The van der Waals surface area contributed by atoms with Crippen LogP contribution in [0.1, 0.15) is 73.8 Å². The van der Waals surface area contributed by atoms with Gasteiger partial charge in [-0.2, -0.15) is 132 Å². The fourth-order valence-corrected chi connectivity index (χ4v) is 7.76. The monoisotopic (exact) mass is 1120 g/mol. The van der Waals surface area contributed by atoms with Crippen LogP contribution in [0.15, 0.2) is 122 Å². The van der Waals surface area contributed by atoms with Gasteiger partial charge in [-0.1, -0.05) is 67.6 Å². The molecular weight excluding hydrogens is 1090 g/mol. The molecule has 0 saturated carbocycles. The molecule has 0 bridgehead atoms. The highest BCUT2D eigenvalue weighted by Crippen LogP contribution is 2.41. The number of alkyl halides is 24. The lowest BCUT2D eigenvalue weighted by Crippen LogP contribution is -2.75. The third-order valence-corrected chi connectivity index (χ3v) is 11.1. The highest BCUT2D eigenvalue weighted by Gasteiger charge is 2.47. The Morgan fingerprint density at radius 1 is 0.421 bits per heavy atom. The molecular formula is C47H29BF24N2O2. The van der Waals surface area contributed by atoms with Crippen molar-refractivity contribution in [1.82, 2.24) is 4.98 Å². The topological polar surface area (TPSA) is 43.1 Å². The summed E-state index contributed by atoms with van der Waals surface area (Å²) in [6.07, 6.45) is -46.7. The molecule has 0 aliphatic rings. The largest absolute Gasteiger partial charge is 0.462 e. The smallest absolute Gasteiger partial charge is 0.416 e. The summed E-state index contributed by atoms with van der Waals surface area (Å²) in [7, 11) is 0. The lowest BCUT2D eigenvalue weighted by Gasteiger charge is -2.46. The maximum Gasteiger partial charge on any atom is 0.416 e. The molecule has 6 aromatic rings. The molecule has 0 saturated heterocycles. The zero-order chi connectivity index (χ0) is 57.4. The van der Waals surface area contributed by atoms with Crippen LogP contribution >= 0.6 is 0 Å². The standard InChI is InChI=1S/C32H12BF24.C15H17N2O2/c34-25(35,36)13-1-14(26(37,38)39)6-21(5-13)33(22-7-15(27(40,41)42)2-16(8-22)28(43,44)45,23-9-17(29(46,47)48)3-18(10-23)30(49,50)51)24-11-19(31(52,53)54)4-20(12-24)32(55,56)57;1-2-11-19-15(18)14-5-3-13(4-6-14)12-17-9-7-16-8-10-17/h1-12H;3-10H,2,11-12H2,1H3/q-1;+1. The molecule has 0 amide bonds. The van der Waals surface area contributed by atoms with Crippen LogP contribution < -0.4 is 26.4 Å². The van der Waals surface area contributed by atoms with E-state index in [2.05, 4.69) is 4.98 Å². The van der Waals surface area contributed by atoms with Crippen LogP contribution in [0.2, 0.25) is 0 Å². The molecule has 0 aliphatic heterocycles. The number of carbonyl (C=O) groups excluding carboxylic acids is 1. The van der Waals surface area contributed by atoms with Gasteiger partial charge in [0.1, 0.15) is 6.15 Å². The maximum atomic E-state index is 14.2. The zero-order valence-corrected chi connectivity index (χ0v) is 37.5. The van der Waals surface area contributed by atoms with E-state index < -0.39 is 195 Å². The minimum absolute atomic E-state index is 0.259. The molecule has 0 radical (unpaired) electrons. The molecule has 1 heterocycles. The van der Waals surface area contributed by atoms with Crippen LogP contribution in [0.25, 0.3) is 0 Å². The molecule has 410 valence electrons. The van der Waals surface area contributed by atoms with Crippen LogP contribution in [0.3, 0.4) is 0 Å². The Morgan fingerprint density at radius 2 is 0.671 bits per heavy atom. The summed E-state index contributed by atoms with van der Waals surface area (Å²) >= 11 is 0. The summed E-state index contributed by atoms with van der Waals surface area (Å²) in [6.45, 7) is 3.20. The maximum absolute atomic E-state index is 14.2. The normalized spacial score (nSPS) is 13.3. The summed E-state index contributed by atoms with van der Waals surface area (Å²) in [5.74, 6) is -0.259. The third-order valence-electron chi connectivity index (χ3n) is 11.1. The van der Waals surface area contributed by atoms with Crippen molar-refractivity contribution in [3.63, 3.8) is 0 Å². The second-order valence-corrected chi connectivity index (χ2v) is 16.5. The number of esters is 1. The van der Waals surface area contributed by atoms with E-state index in [1.54, 1.807) is 24.5 Å². The van der Waals surface area contributed by atoms with E-state index in [1.807, 2.05) is 36.0 Å². The van der Waals surface area contributed by atoms with E-state index in [9.17, 15) is 110 Å². The van der Waals surface area contributed by atoms with Crippen molar-refractivity contribution < 1.29 is 119 Å². The predicted octanol–water partition coefficient (Wildman–Crippen LogP) is 13.2. The highest BCUT2D eigenvalue weighted by atomic mass is 19.4. The summed E-state index contributed by atoms with van der Waals surface area (Å²) < 4.78 is 348. The molecule has 6 rings (SSSR count). The Morgan fingerprint density at radius 3 is 0.895 bits per heavy atom. The molecule has 0 fully saturated rings. The number of nitrogens with zero attached hydrogens (tertiary/aromatic N) is 2. The molecule has 5 aromatic carbocycles. The van der Waals surface area contributed by atoms with Crippen LogP contribution in [-0.2, 0) is 60.7 Å². The van der Waals surface area contributed by atoms with E-state index in [-0.39, 0.29) is 5.97 Å². The van der Waals surface area contributed by atoms with Gasteiger partial charge in [0.25, 0.3) is 0 Å². The number of halogens is 24. The number of carbonyl (C=O) groups is 1. The van der Waals surface area contributed by atoms with Crippen LogP contribution in [-0.4, -0.2) is 23.7 Å². The molecule has 0 spiro atoms. The summed E-state index contributed by atoms with van der Waals surface area (Å²) in [6, 6.07) is -1.33. The number of hydrogen-bond donors (Lipinski definition) is 0. The van der Waals surface area contributed by atoms with Crippen molar-refractivity contribution in [2.24, 2.45) is 0 Å². The first-order valence-corrected chi connectivity index (χ1v) is 21.0. The van der Waals surface area contributed by atoms with Gasteiger partial charge in [-0.05, 0) is 42.8 Å². The molecule has 0 N–H and O–H groups in total. The summed E-state index contributed by atoms with van der Waals surface area (Å²) in [5, 5.41) is 0. The Kier molecular flexibility index (Phi) is 16.7. The molecule has 0 atom stereocenters.